The van der Waals surface area contributed by atoms with Crippen molar-refractivity contribution >= 4 is 50.5 Å². The number of rotatable bonds is 1. The van der Waals surface area contributed by atoms with Crippen LogP contribution in [0.15, 0.2) is 45.9 Å². The van der Waals surface area contributed by atoms with Crippen LogP contribution in [0.2, 0.25) is 5.02 Å². The van der Waals surface area contributed by atoms with Crippen molar-refractivity contribution in [3.63, 3.8) is 0 Å². The van der Waals surface area contributed by atoms with Crippen LogP contribution in [0.1, 0.15) is 5.56 Å². The van der Waals surface area contributed by atoms with E-state index in [1.807, 2.05) is 6.07 Å². The van der Waals surface area contributed by atoms with E-state index in [1.165, 1.54) is 12.1 Å². The molecule has 1 amide bonds. The Kier molecular flexibility index (Phi) is 3.23. The van der Waals surface area contributed by atoms with E-state index in [0.717, 1.165) is 4.47 Å². The molecule has 6 heteroatoms. The molecule has 0 aliphatic carbocycles. The normalized spacial score (nSPS) is 15.3. The molecule has 0 saturated carbocycles. The van der Waals surface area contributed by atoms with Crippen molar-refractivity contribution in [2.24, 2.45) is 4.99 Å². The van der Waals surface area contributed by atoms with E-state index in [0.29, 0.717) is 16.3 Å². The molecular formula is C14H8BrClN2O2. The lowest BCUT2D eigenvalue weighted by molar-refractivity contribution is -0.110. The summed E-state index contributed by atoms with van der Waals surface area (Å²) in [5.41, 5.74) is 1.89. The van der Waals surface area contributed by atoms with Crippen LogP contribution in [-0.2, 0) is 4.79 Å². The monoisotopic (exact) mass is 350 g/mol. The zero-order chi connectivity index (χ0) is 14.3. The van der Waals surface area contributed by atoms with E-state index >= 15 is 0 Å². The molecule has 3 rings (SSSR count). The van der Waals surface area contributed by atoms with Crippen LogP contribution >= 0.6 is 27.5 Å². The maximum absolute atomic E-state index is 12.0. The summed E-state index contributed by atoms with van der Waals surface area (Å²) in [5.74, 6) is -0.337. The van der Waals surface area contributed by atoms with Gasteiger partial charge in [0.2, 0.25) is 0 Å². The largest absolute Gasteiger partial charge is 0.506 e. The maximum Gasteiger partial charge on any atom is 0.275 e. The fourth-order valence-electron chi connectivity index (χ4n) is 1.94. The summed E-state index contributed by atoms with van der Waals surface area (Å²) >= 11 is 9.23. The number of aromatic hydroxyl groups is 1. The Morgan fingerprint density at radius 1 is 1.20 bits per heavy atom. The number of halogens is 2. The number of nitrogens with zero attached hydrogens (tertiary/aromatic N) is 1. The Hall–Kier alpha value is -1.85. The van der Waals surface area contributed by atoms with Crippen LogP contribution in [0.25, 0.3) is 0 Å². The molecule has 2 aromatic rings. The summed E-state index contributed by atoms with van der Waals surface area (Å²) in [6, 6.07) is 9.92. The molecule has 0 saturated heterocycles. The molecule has 0 fully saturated rings. The molecule has 2 N–H and O–H groups in total. The van der Waals surface area contributed by atoms with E-state index in [1.54, 1.807) is 18.2 Å². The highest BCUT2D eigenvalue weighted by Gasteiger charge is 2.26. The number of phenols is 1. The quantitative estimate of drug-likeness (QED) is 0.819. The molecule has 2 aromatic carbocycles. The van der Waals surface area contributed by atoms with E-state index in [9.17, 15) is 9.90 Å². The number of amides is 1. The summed E-state index contributed by atoms with van der Waals surface area (Å²) < 4.78 is 0.843. The van der Waals surface area contributed by atoms with E-state index in [-0.39, 0.29) is 23.1 Å². The average Bonchev–Trinajstić information content (AvgIpc) is 2.70. The first-order valence-electron chi connectivity index (χ1n) is 5.73. The number of aliphatic imine (C=N–C) groups is 1. The SMILES string of the molecule is O=C1Nc2ccc(Br)cc2C1=Nc1cc(Cl)ccc1O. The number of anilines is 1. The van der Waals surface area contributed by atoms with Gasteiger partial charge in [0.05, 0.1) is 5.69 Å². The van der Waals surface area contributed by atoms with Crippen LogP contribution in [-0.4, -0.2) is 16.7 Å². The van der Waals surface area contributed by atoms with E-state index < -0.39 is 0 Å². The molecule has 0 radical (unpaired) electrons. The van der Waals surface area contributed by atoms with E-state index in [4.69, 9.17) is 11.6 Å². The topological polar surface area (TPSA) is 61.7 Å². The van der Waals surface area contributed by atoms with Gasteiger partial charge in [0.25, 0.3) is 5.91 Å². The summed E-state index contributed by atoms with van der Waals surface area (Å²) in [7, 11) is 0. The van der Waals surface area contributed by atoms with Crippen molar-refractivity contribution in [3.05, 3.63) is 51.5 Å². The molecular weight excluding hydrogens is 344 g/mol. The van der Waals surface area contributed by atoms with Crippen molar-refractivity contribution in [1.29, 1.82) is 0 Å². The first kappa shape index (κ1) is 13.1. The second-order valence-electron chi connectivity index (χ2n) is 4.24. The molecule has 20 heavy (non-hydrogen) atoms. The lowest BCUT2D eigenvalue weighted by Gasteiger charge is -2.02. The fourth-order valence-corrected chi connectivity index (χ4v) is 2.47. The Labute approximate surface area is 128 Å². The van der Waals surface area contributed by atoms with Gasteiger partial charge in [-0.15, -0.1) is 0 Å². The minimum absolute atomic E-state index is 0.0295. The Morgan fingerprint density at radius 3 is 2.80 bits per heavy atom. The van der Waals surface area contributed by atoms with Gasteiger partial charge in [-0.2, -0.15) is 0 Å². The number of phenolic OH excluding ortho intramolecular Hbond substituents is 1. The number of hydrogen-bond donors (Lipinski definition) is 2. The summed E-state index contributed by atoms with van der Waals surface area (Å²) in [4.78, 5) is 16.2. The summed E-state index contributed by atoms with van der Waals surface area (Å²) in [6.45, 7) is 0. The molecule has 1 aliphatic rings. The standard InChI is InChI=1S/C14H8BrClN2O2/c15-7-1-3-10-9(5-7)13(14(20)18-10)17-11-6-8(16)2-4-12(11)19/h1-6,19H,(H,17,18,20). The molecule has 0 bridgehead atoms. The minimum Gasteiger partial charge on any atom is -0.506 e. The zero-order valence-corrected chi connectivity index (χ0v) is 12.4. The number of fused-ring (bicyclic) bond motifs is 1. The van der Waals surface area contributed by atoms with Crippen molar-refractivity contribution in [1.82, 2.24) is 0 Å². The predicted molar refractivity (Wildman–Crippen MR) is 82.1 cm³/mol. The van der Waals surface area contributed by atoms with Gasteiger partial charge in [0.1, 0.15) is 17.1 Å². The molecule has 4 nitrogen and oxygen atoms in total. The van der Waals surface area contributed by atoms with Crippen LogP contribution in [0.4, 0.5) is 11.4 Å². The molecule has 0 aromatic heterocycles. The van der Waals surface area contributed by atoms with Gasteiger partial charge in [-0.25, -0.2) is 4.99 Å². The Bertz CT molecular complexity index is 759. The number of benzene rings is 2. The Morgan fingerprint density at radius 2 is 2.00 bits per heavy atom. The average molecular weight is 352 g/mol. The molecule has 100 valence electrons. The fraction of sp³-hybridized carbons (Fsp3) is 0. The first-order valence-corrected chi connectivity index (χ1v) is 6.90. The molecule has 0 unspecified atom stereocenters. The van der Waals surface area contributed by atoms with Crippen LogP contribution in [0.5, 0.6) is 5.75 Å². The van der Waals surface area contributed by atoms with Crippen LogP contribution < -0.4 is 5.32 Å². The van der Waals surface area contributed by atoms with Crippen LogP contribution in [0.3, 0.4) is 0 Å². The summed E-state index contributed by atoms with van der Waals surface area (Å²) in [6.07, 6.45) is 0. The second kappa shape index (κ2) is 4.92. The predicted octanol–water partition coefficient (Wildman–Crippen LogP) is 3.88. The lowest BCUT2D eigenvalue weighted by atomic mass is 10.1. The van der Waals surface area contributed by atoms with Gasteiger partial charge in [-0.1, -0.05) is 27.5 Å². The molecule has 1 aliphatic heterocycles. The smallest absolute Gasteiger partial charge is 0.275 e. The van der Waals surface area contributed by atoms with Crippen molar-refractivity contribution in [2.75, 3.05) is 5.32 Å². The molecule has 0 atom stereocenters. The van der Waals surface area contributed by atoms with Gasteiger partial charge < -0.3 is 10.4 Å². The minimum atomic E-state index is -0.308. The Balaban J connectivity index is 2.15. The van der Waals surface area contributed by atoms with Crippen molar-refractivity contribution in [2.45, 2.75) is 0 Å². The van der Waals surface area contributed by atoms with Gasteiger partial charge in [0, 0.05) is 15.1 Å². The second-order valence-corrected chi connectivity index (χ2v) is 5.59. The maximum atomic E-state index is 12.0. The van der Waals surface area contributed by atoms with Crippen molar-refractivity contribution < 1.29 is 9.90 Å². The number of carbonyl (C=O) groups excluding carboxylic acids is 1. The third-order valence-corrected chi connectivity index (χ3v) is 3.60. The van der Waals surface area contributed by atoms with E-state index in [2.05, 4.69) is 26.2 Å². The van der Waals surface area contributed by atoms with Crippen LogP contribution in [0, 0.1) is 0 Å². The lowest BCUT2D eigenvalue weighted by Crippen LogP contribution is -2.13. The first-order chi connectivity index (χ1) is 9.54. The highest BCUT2D eigenvalue weighted by Crippen LogP contribution is 2.33. The molecule has 0 spiro atoms. The van der Waals surface area contributed by atoms with Gasteiger partial charge >= 0.3 is 0 Å². The zero-order valence-electron chi connectivity index (χ0n) is 10.0. The molecule has 1 heterocycles. The van der Waals surface area contributed by atoms with Gasteiger partial charge in [0.15, 0.2) is 0 Å². The van der Waals surface area contributed by atoms with Gasteiger partial charge in [-0.05, 0) is 36.4 Å². The highest BCUT2D eigenvalue weighted by atomic mass is 79.9. The summed E-state index contributed by atoms with van der Waals surface area (Å²) in [5, 5.41) is 12.9. The van der Waals surface area contributed by atoms with Crippen molar-refractivity contribution in [3.8, 4) is 5.75 Å². The number of nitrogens with one attached hydrogen (secondary N) is 1. The highest BCUT2D eigenvalue weighted by molar-refractivity contribution is 9.10. The number of carbonyl (C=O) groups is 1. The third-order valence-electron chi connectivity index (χ3n) is 2.87. The van der Waals surface area contributed by atoms with Gasteiger partial charge in [-0.3, -0.25) is 4.79 Å². The third kappa shape index (κ3) is 2.30. The number of hydrogen-bond acceptors (Lipinski definition) is 3.